The number of pyridine rings is 1. The number of nitrogens with one attached hydrogen (secondary N) is 2. The standard InChI is InChI=1S/C20H23N5O2/c1-12(2)15-9-8-13(3)11-17(15)27-14(4)19(26)23-20-22-18(24-25-20)16-7-5-6-10-21-16/h5-12,14H,1-4H3,(H2,22,23,24,25,26). The van der Waals surface area contributed by atoms with Crippen LogP contribution in [0.3, 0.4) is 0 Å². The predicted octanol–water partition coefficient (Wildman–Crippen LogP) is 3.70. The van der Waals surface area contributed by atoms with E-state index in [0.29, 0.717) is 17.4 Å². The van der Waals surface area contributed by atoms with Crippen LogP contribution >= 0.6 is 0 Å². The fraction of sp³-hybridized carbons (Fsp3) is 0.300. The second-order valence-electron chi connectivity index (χ2n) is 6.67. The van der Waals surface area contributed by atoms with Crippen molar-refractivity contribution in [2.24, 2.45) is 0 Å². The van der Waals surface area contributed by atoms with E-state index in [2.05, 4.69) is 39.3 Å². The molecule has 2 aromatic heterocycles. The summed E-state index contributed by atoms with van der Waals surface area (Å²) in [6.07, 6.45) is 0.973. The Morgan fingerprint density at radius 2 is 2.00 bits per heavy atom. The maximum absolute atomic E-state index is 12.5. The molecular formula is C20H23N5O2. The second kappa shape index (κ2) is 7.99. The van der Waals surface area contributed by atoms with Crippen LogP contribution in [0, 0.1) is 6.92 Å². The molecular weight excluding hydrogens is 342 g/mol. The third kappa shape index (κ3) is 4.49. The van der Waals surface area contributed by atoms with Crippen LogP contribution in [0.2, 0.25) is 0 Å². The van der Waals surface area contributed by atoms with Crippen molar-refractivity contribution in [3.8, 4) is 17.3 Å². The van der Waals surface area contributed by atoms with E-state index in [-0.39, 0.29) is 11.9 Å². The van der Waals surface area contributed by atoms with Crippen LogP contribution < -0.4 is 10.1 Å². The molecule has 0 saturated carbocycles. The van der Waals surface area contributed by atoms with Crippen LogP contribution in [0.1, 0.15) is 37.8 Å². The van der Waals surface area contributed by atoms with Gasteiger partial charge in [0.1, 0.15) is 11.4 Å². The molecule has 1 aromatic carbocycles. The molecule has 7 heteroatoms. The van der Waals surface area contributed by atoms with Crippen molar-refractivity contribution in [2.75, 3.05) is 5.32 Å². The summed E-state index contributed by atoms with van der Waals surface area (Å²) >= 11 is 0. The van der Waals surface area contributed by atoms with E-state index in [9.17, 15) is 4.79 Å². The lowest BCUT2D eigenvalue weighted by atomic mass is 10.0. The summed E-state index contributed by atoms with van der Waals surface area (Å²) in [6.45, 7) is 7.88. The number of ether oxygens (including phenoxy) is 1. The van der Waals surface area contributed by atoms with Crippen LogP contribution in [0.4, 0.5) is 5.95 Å². The van der Waals surface area contributed by atoms with E-state index in [0.717, 1.165) is 16.9 Å². The first-order valence-electron chi connectivity index (χ1n) is 8.86. The lowest BCUT2D eigenvalue weighted by Gasteiger charge is -2.18. The average molecular weight is 365 g/mol. The molecule has 0 aliphatic heterocycles. The lowest BCUT2D eigenvalue weighted by Crippen LogP contribution is -2.31. The van der Waals surface area contributed by atoms with Crippen LogP contribution in [-0.4, -0.2) is 32.2 Å². The van der Waals surface area contributed by atoms with Gasteiger partial charge in [-0.25, -0.2) is 0 Å². The first-order valence-corrected chi connectivity index (χ1v) is 8.86. The normalized spacial score (nSPS) is 12.0. The lowest BCUT2D eigenvalue weighted by molar-refractivity contribution is -0.122. The smallest absolute Gasteiger partial charge is 0.267 e. The van der Waals surface area contributed by atoms with E-state index in [1.165, 1.54) is 0 Å². The first-order chi connectivity index (χ1) is 12.9. The minimum absolute atomic E-state index is 0.185. The number of benzene rings is 1. The summed E-state index contributed by atoms with van der Waals surface area (Å²) in [5.41, 5.74) is 2.79. The van der Waals surface area contributed by atoms with Crippen molar-refractivity contribution in [2.45, 2.75) is 39.7 Å². The molecule has 0 spiro atoms. The van der Waals surface area contributed by atoms with E-state index in [1.807, 2.05) is 43.3 Å². The number of aromatic nitrogens is 4. The van der Waals surface area contributed by atoms with E-state index in [4.69, 9.17) is 4.74 Å². The van der Waals surface area contributed by atoms with Gasteiger partial charge in [-0.1, -0.05) is 32.0 Å². The van der Waals surface area contributed by atoms with Crippen molar-refractivity contribution < 1.29 is 9.53 Å². The number of hydrogen-bond donors (Lipinski definition) is 2. The Balaban J connectivity index is 1.69. The van der Waals surface area contributed by atoms with Crippen LogP contribution in [0.15, 0.2) is 42.6 Å². The van der Waals surface area contributed by atoms with Crippen LogP contribution in [-0.2, 0) is 4.79 Å². The fourth-order valence-electron chi connectivity index (χ4n) is 2.61. The quantitative estimate of drug-likeness (QED) is 0.695. The minimum atomic E-state index is -0.693. The third-order valence-corrected chi connectivity index (χ3v) is 4.09. The van der Waals surface area contributed by atoms with Gasteiger partial charge < -0.3 is 4.74 Å². The monoisotopic (exact) mass is 365 g/mol. The largest absolute Gasteiger partial charge is 0.481 e. The second-order valence-corrected chi connectivity index (χ2v) is 6.67. The number of carbonyl (C=O) groups excluding carboxylic acids is 1. The van der Waals surface area contributed by atoms with Gasteiger partial charge in [-0.3, -0.25) is 20.2 Å². The summed E-state index contributed by atoms with van der Waals surface area (Å²) in [5.74, 6) is 1.36. The number of carbonyl (C=O) groups is 1. The van der Waals surface area contributed by atoms with E-state index in [1.54, 1.807) is 13.1 Å². The number of anilines is 1. The molecule has 3 aromatic rings. The summed E-state index contributed by atoms with van der Waals surface area (Å²) < 4.78 is 5.92. The molecule has 1 unspecified atom stereocenters. The summed E-state index contributed by atoms with van der Waals surface area (Å²) in [5, 5.41) is 9.46. The van der Waals surface area contributed by atoms with Gasteiger partial charge >= 0.3 is 0 Å². The van der Waals surface area contributed by atoms with Crippen molar-refractivity contribution in [1.29, 1.82) is 0 Å². The number of nitrogens with zero attached hydrogens (tertiary/aromatic N) is 3. The molecule has 0 saturated heterocycles. The molecule has 2 N–H and O–H groups in total. The van der Waals surface area contributed by atoms with Gasteiger partial charge in [0.05, 0.1) is 0 Å². The van der Waals surface area contributed by atoms with Gasteiger partial charge in [0, 0.05) is 6.20 Å². The number of rotatable bonds is 6. The number of H-pyrrole nitrogens is 1. The van der Waals surface area contributed by atoms with Gasteiger partial charge in [-0.15, -0.1) is 5.10 Å². The highest BCUT2D eigenvalue weighted by molar-refractivity contribution is 5.92. The average Bonchev–Trinajstić information content (AvgIpc) is 3.10. The van der Waals surface area contributed by atoms with E-state index < -0.39 is 6.10 Å². The molecule has 3 rings (SSSR count). The van der Waals surface area contributed by atoms with Crippen molar-refractivity contribution in [1.82, 2.24) is 20.2 Å². The fourth-order valence-corrected chi connectivity index (χ4v) is 2.61. The predicted molar refractivity (Wildman–Crippen MR) is 104 cm³/mol. The zero-order valence-electron chi connectivity index (χ0n) is 15.9. The topological polar surface area (TPSA) is 92.8 Å². The molecule has 0 bridgehead atoms. The molecule has 2 heterocycles. The molecule has 0 radical (unpaired) electrons. The molecule has 27 heavy (non-hydrogen) atoms. The van der Waals surface area contributed by atoms with Crippen molar-refractivity contribution >= 4 is 11.9 Å². The van der Waals surface area contributed by atoms with Crippen LogP contribution in [0.5, 0.6) is 5.75 Å². The Labute approximate surface area is 158 Å². The molecule has 1 amide bonds. The highest BCUT2D eigenvalue weighted by Gasteiger charge is 2.19. The molecule has 0 fully saturated rings. The molecule has 0 aliphatic rings. The highest BCUT2D eigenvalue weighted by Crippen LogP contribution is 2.28. The summed E-state index contributed by atoms with van der Waals surface area (Å²) in [7, 11) is 0. The maximum Gasteiger partial charge on any atom is 0.267 e. The minimum Gasteiger partial charge on any atom is -0.481 e. The Kier molecular flexibility index (Phi) is 5.49. The van der Waals surface area contributed by atoms with Crippen molar-refractivity contribution in [3.05, 3.63) is 53.7 Å². The number of amides is 1. The van der Waals surface area contributed by atoms with Gasteiger partial charge in [-0.05, 0) is 49.1 Å². The Bertz CT molecular complexity index is 921. The zero-order chi connectivity index (χ0) is 19.4. The Morgan fingerprint density at radius 3 is 2.70 bits per heavy atom. The Morgan fingerprint density at radius 1 is 1.19 bits per heavy atom. The molecule has 0 aliphatic carbocycles. The number of aryl methyl sites for hydroxylation is 1. The SMILES string of the molecule is Cc1ccc(C(C)C)c(OC(C)C(=O)Nc2n[nH]c(-c3ccccn3)n2)c1. The maximum atomic E-state index is 12.5. The van der Waals surface area contributed by atoms with Gasteiger partial charge in [0.2, 0.25) is 5.95 Å². The summed E-state index contributed by atoms with van der Waals surface area (Å²) in [6, 6.07) is 11.5. The van der Waals surface area contributed by atoms with E-state index >= 15 is 0 Å². The number of aromatic amines is 1. The summed E-state index contributed by atoms with van der Waals surface area (Å²) in [4.78, 5) is 20.9. The molecule has 1 atom stereocenters. The Hall–Kier alpha value is -3.22. The zero-order valence-corrected chi connectivity index (χ0v) is 15.9. The van der Waals surface area contributed by atoms with Gasteiger partial charge in [0.15, 0.2) is 11.9 Å². The number of hydrogen-bond acceptors (Lipinski definition) is 5. The van der Waals surface area contributed by atoms with Gasteiger partial charge in [0.25, 0.3) is 5.91 Å². The highest BCUT2D eigenvalue weighted by atomic mass is 16.5. The molecule has 7 nitrogen and oxygen atoms in total. The first kappa shape index (κ1) is 18.6. The van der Waals surface area contributed by atoms with Gasteiger partial charge in [-0.2, -0.15) is 4.98 Å². The third-order valence-electron chi connectivity index (χ3n) is 4.09. The van der Waals surface area contributed by atoms with Crippen molar-refractivity contribution in [3.63, 3.8) is 0 Å². The molecule has 140 valence electrons. The van der Waals surface area contributed by atoms with Crippen LogP contribution in [0.25, 0.3) is 11.5 Å².